The number of carboxylic acids is 1. The molecule has 88 valence electrons. The molecule has 0 bridgehead atoms. The molecule has 0 spiro atoms. The van der Waals surface area contributed by atoms with Gasteiger partial charge < -0.3 is 9.84 Å². The van der Waals surface area contributed by atoms with Crippen LogP contribution in [0.1, 0.15) is 25.8 Å². The second kappa shape index (κ2) is 4.96. The van der Waals surface area contributed by atoms with Gasteiger partial charge in [0.15, 0.2) is 0 Å². The lowest BCUT2D eigenvalue weighted by molar-refractivity contribution is -0.137. The maximum Gasteiger partial charge on any atom is 0.306 e. The van der Waals surface area contributed by atoms with Gasteiger partial charge in [-0.15, -0.1) is 0 Å². The van der Waals surface area contributed by atoms with Crippen LogP contribution in [0.2, 0.25) is 0 Å². The monoisotopic (exact) mass is 226 g/mol. The lowest BCUT2D eigenvalue weighted by Gasteiger charge is -2.18. The highest BCUT2D eigenvalue weighted by Gasteiger charge is 2.22. The van der Waals surface area contributed by atoms with Crippen molar-refractivity contribution in [1.29, 1.82) is 0 Å². The van der Waals surface area contributed by atoms with Crippen LogP contribution in [-0.4, -0.2) is 17.7 Å². The Labute approximate surface area is 93.9 Å². The standard InChI is InChI=1S/C12H15FO3/c1-12(2,13)9-5-3-4-6-10(9)16-8-7-11(14)15/h3-6H,7-8H2,1-2H3,(H,14,15). The Bertz CT molecular complexity index is 369. The molecule has 0 saturated heterocycles. The van der Waals surface area contributed by atoms with Gasteiger partial charge in [0.1, 0.15) is 11.4 Å². The van der Waals surface area contributed by atoms with E-state index in [1.807, 2.05) is 0 Å². The molecule has 1 aromatic carbocycles. The molecule has 0 amide bonds. The van der Waals surface area contributed by atoms with E-state index in [-0.39, 0.29) is 13.0 Å². The topological polar surface area (TPSA) is 46.5 Å². The molecule has 4 heteroatoms. The summed E-state index contributed by atoms with van der Waals surface area (Å²) < 4.78 is 19.0. The number of benzene rings is 1. The number of carboxylic acid groups (broad SMARTS) is 1. The molecule has 3 nitrogen and oxygen atoms in total. The van der Waals surface area contributed by atoms with Crippen LogP contribution in [0.25, 0.3) is 0 Å². The van der Waals surface area contributed by atoms with Gasteiger partial charge in [0.2, 0.25) is 0 Å². The van der Waals surface area contributed by atoms with Crippen molar-refractivity contribution in [1.82, 2.24) is 0 Å². The van der Waals surface area contributed by atoms with Crippen molar-refractivity contribution in [3.8, 4) is 5.75 Å². The minimum absolute atomic E-state index is 0.0441. The molecule has 1 rings (SSSR count). The summed E-state index contributed by atoms with van der Waals surface area (Å²) in [6.45, 7) is 2.92. The molecule has 0 radical (unpaired) electrons. The Kier molecular flexibility index (Phi) is 3.88. The number of aliphatic carboxylic acids is 1. The van der Waals surface area contributed by atoms with Gasteiger partial charge in [0.25, 0.3) is 0 Å². The highest BCUT2D eigenvalue weighted by Crippen LogP contribution is 2.32. The Morgan fingerprint density at radius 2 is 2.06 bits per heavy atom. The summed E-state index contributed by atoms with van der Waals surface area (Å²) >= 11 is 0. The van der Waals surface area contributed by atoms with E-state index in [2.05, 4.69) is 0 Å². The van der Waals surface area contributed by atoms with E-state index >= 15 is 0 Å². The third-order valence-corrected chi connectivity index (χ3v) is 2.10. The van der Waals surface area contributed by atoms with Gasteiger partial charge in [-0.05, 0) is 19.9 Å². The van der Waals surface area contributed by atoms with Crippen molar-refractivity contribution in [2.24, 2.45) is 0 Å². The highest BCUT2D eigenvalue weighted by molar-refractivity contribution is 5.66. The van der Waals surface area contributed by atoms with Crippen molar-refractivity contribution in [2.75, 3.05) is 6.61 Å². The maximum absolute atomic E-state index is 13.8. The summed E-state index contributed by atoms with van der Waals surface area (Å²) in [5, 5.41) is 8.47. The summed E-state index contributed by atoms with van der Waals surface area (Å²) in [6, 6.07) is 6.72. The van der Waals surface area contributed by atoms with Crippen LogP contribution in [0.5, 0.6) is 5.75 Å². The van der Waals surface area contributed by atoms with E-state index in [4.69, 9.17) is 9.84 Å². The number of hydrogen-bond donors (Lipinski definition) is 1. The van der Waals surface area contributed by atoms with Gasteiger partial charge in [-0.1, -0.05) is 18.2 Å². The summed E-state index contributed by atoms with van der Waals surface area (Å²) in [7, 11) is 0. The predicted octanol–water partition coefficient (Wildman–Crippen LogP) is 2.74. The fraction of sp³-hybridized carbons (Fsp3) is 0.417. The third-order valence-electron chi connectivity index (χ3n) is 2.10. The van der Waals surface area contributed by atoms with Gasteiger partial charge in [-0.25, -0.2) is 4.39 Å². The minimum Gasteiger partial charge on any atom is -0.493 e. The van der Waals surface area contributed by atoms with Crippen LogP contribution in [0.15, 0.2) is 24.3 Å². The zero-order valence-electron chi connectivity index (χ0n) is 9.37. The number of ether oxygens (including phenoxy) is 1. The predicted molar refractivity (Wildman–Crippen MR) is 58.3 cm³/mol. The Morgan fingerprint density at radius 1 is 1.44 bits per heavy atom. The molecular weight excluding hydrogens is 211 g/mol. The molecular formula is C12H15FO3. The molecule has 1 N–H and O–H groups in total. The van der Waals surface area contributed by atoms with Gasteiger partial charge in [0.05, 0.1) is 13.0 Å². The van der Waals surface area contributed by atoms with Crippen LogP contribution in [0, 0.1) is 0 Å². The molecule has 0 saturated carbocycles. The molecule has 0 aliphatic carbocycles. The first-order valence-electron chi connectivity index (χ1n) is 5.04. The average molecular weight is 226 g/mol. The van der Waals surface area contributed by atoms with Crippen LogP contribution < -0.4 is 4.74 Å². The average Bonchev–Trinajstić information content (AvgIpc) is 2.16. The fourth-order valence-electron chi connectivity index (χ4n) is 1.33. The number of para-hydroxylation sites is 1. The first-order chi connectivity index (χ1) is 7.41. The lowest BCUT2D eigenvalue weighted by atomic mass is 9.99. The minimum atomic E-state index is -1.50. The molecule has 0 heterocycles. The Balaban J connectivity index is 2.76. The fourth-order valence-corrected chi connectivity index (χ4v) is 1.33. The quantitative estimate of drug-likeness (QED) is 0.839. The van der Waals surface area contributed by atoms with Gasteiger partial charge in [-0.2, -0.15) is 0 Å². The molecule has 0 atom stereocenters. The van der Waals surface area contributed by atoms with Crippen molar-refractivity contribution in [2.45, 2.75) is 25.9 Å². The highest BCUT2D eigenvalue weighted by atomic mass is 19.1. The van der Waals surface area contributed by atoms with Crippen molar-refractivity contribution in [3.63, 3.8) is 0 Å². The van der Waals surface area contributed by atoms with Crippen LogP contribution in [0.4, 0.5) is 4.39 Å². The summed E-state index contributed by atoms with van der Waals surface area (Å²) in [5.41, 5.74) is -1.07. The van der Waals surface area contributed by atoms with E-state index < -0.39 is 11.6 Å². The first kappa shape index (κ1) is 12.5. The molecule has 0 aromatic heterocycles. The largest absolute Gasteiger partial charge is 0.493 e. The van der Waals surface area contributed by atoms with Crippen molar-refractivity contribution in [3.05, 3.63) is 29.8 Å². The van der Waals surface area contributed by atoms with Crippen molar-refractivity contribution >= 4 is 5.97 Å². The second-order valence-corrected chi connectivity index (χ2v) is 3.96. The van der Waals surface area contributed by atoms with Gasteiger partial charge >= 0.3 is 5.97 Å². The molecule has 1 aromatic rings. The number of rotatable bonds is 5. The summed E-state index contributed by atoms with van der Waals surface area (Å²) in [6.07, 6.45) is -0.0962. The van der Waals surface area contributed by atoms with Crippen LogP contribution in [0.3, 0.4) is 0 Å². The molecule has 0 aliphatic rings. The second-order valence-electron chi connectivity index (χ2n) is 3.96. The zero-order chi connectivity index (χ0) is 12.2. The lowest BCUT2D eigenvalue weighted by Crippen LogP contribution is -2.13. The SMILES string of the molecule is CC(C)(F)c1ccccc1OCCC(=O)O. The molecule has 0 fully saturated rings. The maximum atomic E-state index is 13.8. The summed E-state index contributed by atoms with van der Waals surface area (Å²) in [5.74, 6) is -0.534. The smallest absolute Gasteiger partial charge is 0.306 e. The number of carbonyl (C=O) groups is 1. The normalized spacial score (nSPS) is 11.2. The molecule has 0 aliphatic heterocycles. The van der Waals surface area contributed by atoms with E-state index in [1.165, 1.54) is 13.8 Å². The Morgan fingerprint density at radius 3 is 2.62 bits per heavy atom. The van der Waals surface area contributed by atoms with E-state index in [0.29, 0.717) is 11.3 Å². The molecule has 16 heavy (non-hydrogen) atoms. The van der Waals surface area contributed by atoms with Crippen molar-refractivity contribution < 1.29 is 19.0 Å². The van der Waals surface area contributed by atoms with E-state index in [0.717, 1.165) is 0 Å². The first-order valence-corrected chi connectivity index (χ1v) is 5.04. The van der Waals surface area contributed by atoms with Crippen LogP contribution in [-0.2, 0) is 10.5 Å². The van der Waals surface area contributed by atoms with Crippen LogP contribution >= 0.6 is 0 Å². The zero-order valence-corrected chi connectivity index (χ0v) is 9.37. The van der Waals surface area contributed by atoms with Gasteiger partial charge in [-0.3, -0.25) is 4.79 Å². The van der Waals surface area contributed by atoms with Gasteiger partial charge in [0, 0.05) is 5.56 Å². The number of halogens is 1. The van der Waals surface area contributed by atoms with E-state index in [9.17, 15) is 9.18 Å². The number of alkyl halides is 1. The Hall–Kier alpha value is -1.58. The third kappa shape index (κ3) is 3.53. The van der Waals surface area contributed by atoms with E-state index in [1.54, 1.807) is 24.3 Å². The summed E-state index contributed by atoms with van der Waals surface area (Å²) in [4.78, 5) is 10.3. The number of hydrogen-bond acceptors (Lipinski definition) is 2. The molecule has 0 unspecified atom stereocenters.